The molecule has 0 fully saturated rings. The summed E-state index contributed by atoms with van der Waals surface area (Å²) in [6.07, 6.45) is 3.69. The van der Waals surface area contributed by atoms with Gasteiger partial charge in [-0.15, -0.1) is 0 Å². The molecule has 1 heterocycles. The average molecular weight is 126 g/mol. The molecule has 0 aliphatic carbocycles. The molecule has 1 N–H and O–H groups in total. The first-order valence-electron chi connectivity index (χ1n) is 2.25. The monoisotopic (exact) mass is 126 g/mol. The molecule has 9 heavy (non-hydrogen) atoms. The molecular weight excluding hydrogens is 120 g/mol. The van der Waals surface area contributed by atoms with Crippen molar-refractivity contribution in [3.63, 3.8) is 0 Å². The van der Waals surface area contributed by atoms with Crippen molar-refractivity contribution >= 4 is 6.15 Å². The molecular formula is C5H6N2O2. The Bertz CT molecular complexity index is 175. The fraction of sp³-hybridized carbons (Fsp3) is 0.200. The van der Waals surface area contributed by atoms with Gasteiger partial charge in [0.25, 0.3) is 0 Å². The van der Waals surface area contributed by atoms with Crippen molar-refractivity contribution in [3.8, 4) is 0 Å². The number of nitrogens with one attached hydrogen (secondary N) is 1. The number of aryl methyl sites for hydroxylation is 1. The summed E-state index contributed by atoms with van der Waals surface area (Å²) in [4.78, 5) is 22.9. The van der Waals surface area contributed by atoms with Gasteiger partial charge in [0.2, 0.25) is 0 Å². The number of nitrogens with zero attached hydrogens (tertiary/aromatic N) is 1. The van der Waals surface area contributed by atoms with Gasteiger partial charge in [0.15, 0.2) is 0 Å². The van der Waals surface area contributed by atoms with Crippen LogP contribution in [0.25, 0.3) is 0 Å². The molecule has 0 spiro atoms. The van der Waals surface area contributed by atoms with Gasteiger partial charge in [0.1, 0.15) is 0 Å². The second kappa shape index (κ2) is 4.74. The topological polar surface area (TPSA) is 62.8 Å². The molecule has 0 unspecified atom stereocenters. The first-order valence-corrected chi connectivity index (χ1v) is 2.25. The Labute approximate surface area is 51.9 Å². The van der Waals surface area contributed by atoms with Crippen LogP contribution in [-0.2, 0) is 9.59 Å². The van der Waals surface area contributed by atoms with E-state index in [9.17, 15) is 0 Å². The van der Waals surface area contributed by atoms with Gasteiger partial charge in [-0.05, 0) is 6.92 Å². The Balaban J connectivity index is 0.000000187. The van der Waals surface area contributed by atoms with Crippen LogP contribution in [0.3, 0.4) is 0 Å². The highest BCUT2D eigenvalue weighted by atomic mass is 16.2. The van der Waals surface area contributed by atoms with E-state index in [4.69, 9.17) is 9.59 Å². The second-order valence-corrected chi connectivity index (χ2v) is 1.32. The molecule has 0 saturated heterocycles. The molecule has 0 aromatic carbocycles. The SMILES string of the molecule is Cc1cnc[nH]1.O=C=O. The third kappa shape index (κ3) is 4.44. The molecule has 0 aliphatic heterocycles. The number of aromatic nitrogens is 2. The molecule has 0 atom stereocenters. The maximum absolute atomic E-state index is 8.12. The molecule has 1 rings (SSSR count). The highest BCUT2D eigenvalue weighted by Crippen LogP contribution is 1.81. The summed E-state index contributed by atoms with van der Waals surface area (Å²) in [7, 11) is 0. The largest absolute Gasteiger partial charge is 0.373 e. The van der Waals surface area contributed by atoms with E-state index in [1.165, 1.54) is 0 Å². The lowest BCUT2D eigenvalue weighted by molar-refractivity contribution is -0.191. The van der Waals surface area contributed by atoms with Crippen LogP contribution in [0.15, 0.2) is 12.5 Å². The number of aromatic amines is 1. The molecule has 0 saturated carbocycles. The smallest absolute Gasteiger partial charge is 0.349 e. The third-order valence-electron chi connectivity index (χ3n) is 0.635. The first kappa shape index (κ1) is 7.59. The zero-order chi connectivity index (χ0) is 7.11. The number of hydrogen-bond donors (Lipinski definition) is 1. The van der Waals surface area contributed by atoms with Gasteiger partial charge in [-0.3, -0.25) is 0 Å². The Morgan fingerprint density at radius 2 is 2.22 bits per heavy atom. The minimum absolute atomic E-state index is 0.250. The van der Waals surface area contributed by atoms with E-state index in [0.717, 1.165) is 5.69 Å². The quantitative estimate of drug-likeness (QED) is 0.537. The fourth-order valence-corrected chi connectivity index (χ4v) is 0.325. The highest BCUT2D eigenvalue weighted by Gasteiger charge is 1.73. The minimum atomic E-state index is 0.250. The van der Waals surface area contributed by atoms with Crippen LogP contribution in [0, 0.1) is 6.92 Å². The maximum Gasteiger partial charge on any atom is 0.373 e. The highest BCUT2D eigenvalue weighted by molar-refractivity contribution is 5.20. The van der Waals surface area contributed by atoms with Crippen molar-refractivity contribution in [1.29, 1.82) is 0 Å². The molecule has 0 bridgehead atoms. The Morgan fingerprint density at radius 1 is 1.67 bits per heavy atom. The predicted molar refractivity (Wildman–Crippen MR) is 28.3 cm³/mol. The summed E-state index contributed by atoms with van der Waals surface area (Å²) < 4.78 is 0. The third-order valence-corrected chi connectivity index (χ3v) is 0.635. The fourth-order valence-electron chi connectivity index (χ4n) is 0.325. The molecule has 0 aliphatic rings. The lowest BCUT2D eigenvalue weighted by Gasteiger charge is -1.67. The van der Waals surface area contributed by atoms with Crippen LogP contribution in [0.4, 0.5) is 0 Å². The summed E-state index contributed by atoms with van der Waals surface area (Å²) >= 11 is 0. The van der Waals surface area contributed by atoms with Gasteiger partial charge in [0, 0.05) is 11.9 Å². The van der Waals surface area contributed by atoms with Crippen LogP contribution in [0.5, 0.6) is 0 Å². The molecule has 48 valence electrons. The number of H-pyrrole nitrogens is 1. The summed E-state index contributed by atoms with van der Waals surface area (Å²) in [5.41, 5.74) is 1.11. The van der Waals surface area contributed by atoms with Crippen LogP contribution in [0.1, 0.15) is 5.69 Å². The Morgan fingerprint density at radius 3 is 2.33 bits per heavy atom. The van der Waals surface area contributed by atoms with E-state index in [0.29, 0.717) is 0 Å². The number of rotatable bonds is 0. The van der Waals surface area contributed by atoms with Crippen molar-refractivity contribution < 1.29 is 9.59 Å². The van der Waals surface area contributed by atoms with Gasteiger partial charge in [-0.2, -0.15) is 9.59 Å². The van der Waals surface area contributed by atoms with E-state index >= 15 is 0 Å². The van der Waals surface area contributed by atoms with Crippen molar-refractivity contribution in [2.45, 2.75) is 6.92 Å². The molecule has 0 amide bonds. The van der Waals surface area contributed by atoms with Gasteiger partial charge in [-0.1, -0.05) is 0 Å². The maximum atomic E-state index is 8.12. The normalized spacial score (nSPS) is 6.78. The number of carbonyl (C=O) groups excluding carboxylic acids is 2. The van der Waals surface area contributed by atoms with E-state index in [-0.39, 0.29) is 6.15 Å². The second-order valence-electron chi connectivity index (χ2n) is 1.32. The average Bonchev–Trinajstić information content (AvgIpc) is 2.20. The summed E-state index contributed by atoms with van der Waals surface area (Å²) in [6.45, 7) is 1.97. The van der Waals surface area contributed by atoms with E-state index < -0.39 is 0 Å². The minimum Gasteiger partial charge on any atom is -0.349 e. The standard InChI is InChI=1S/C4H6N2.CO2/c1-4-2-5-3-6-4;2-1-3/h2-3H,1H3,(H,5,6);. The van der Waals surface area contributed by atoms with Gasteiger partial charge < -0.3 is 4.98 Å². The molecule has 4 nitrogen and oxygen atoms in total. The Kier molecular flexibility index (Phi) is 4.00. The molecule has 1 aromatic rings. The van der Waals surface area contributed by atoms with Crippen molar-refractivity contribution in [2.75, 3.05) is 0 Å². The lowest BCUT2D eigenvalue weighted by atomic mass is 10.6. The molecule has 0 radical (unpaired) electrons. The van der Waals surface area contributed by atoms with Crippen LogP contribution in [0.2, 0.25) is 0 Å². The van der Waals surface area contributed by atoms with E-state index in [2.05, 4.69) is 9.97 Å². The van der Waals surface area contributed by atoms with Crippen LogP contribution >= 0.6 is 0 Å². The lowest BCUT2D eigenvalue weighted by Crippen LogP contribution is -1.59. The van der Waals surface area contributed by atoms with Gasteiger partial charge >= 0.3 is 6.15 Å². The van der Waals surface area contributed by atoms with Crippen molar-refractivity contribution in [3.05, 3.63) is 18.2 Å². The van der Waals surface area contributed by atoms with Gasteiger partial charge in [0.05, 0.1) is 6.33 Å². The van der Waals surface area contributed by atoms with Crippen LogP contribution in [-0.4, -0.2) is 16.1 Å². The number of hydrogen-bond acceptors (Lipinski definition) is 3. The van der Waals surface area contributed by atoms with E-state index in [1.807, 2.05) is 6.92 Å². The van der Waals surface area contributed by atoms with Crippen molar-refractivity contribution in [2.24, 2.45) is 0 Å². The summed E-state index contributed by atoms with van der Waals surface area (Å²) in [6, 6.07) is 0. The van der Waals surface area contributed by atoms with Crippen molar-refractivity contribution in [1.82, 2.24) is 9.97 Å². The number of imidazole rings is 1. The zero-order valence-corrected chi connectivity index (χ0v) is 4.92. The van der Waals surface area contributed by atoms with E-state index in [1.54, 1.807) is 12.5 Å². The van der Waals surface area contributed by atoms with Crippen LogP contribution < -0.4 is 0 Å². The first-order chi connectivity index (χ1) is 4.31. The predicted octanol–water partition coefficient (Wildman–Crippen LogP) is 0.135. The van der Waals surface area contributed by atoms with Gasteiger partial charge in [-0.25, -0.2) is 4.98 Å². The Hall–Kier alpha value is -1.41. The molecule has 4 heteroatoms. The summed E-state index contributed by atoms with van der Waals surface area (Å²) in [5, 5.41) is 0. The summed E-state index contributed by atoms with van der Waals surface area (Å²) in [5.74, 6) is 0. The molecule has 1 aromatic heterocycles. The zero-order valence-electron chi connectivity index (χ0n) is 4.92.